The van der Waals surface area contributed by atoms with Crippen molar-refractivity contribution in [2.24, 2.45) is 0 Å². The second kappa shape index (κ2) is 11.1. The number of hydrogen-bond acceptors (Lipinski definition) is 3. The van der Waals surface area contributed by atoms with E-state index in [2.05, 4.69) is 36.2 Å². The zero-order chi connectivity index (χ0) is 15.5. The lowest BCUT2D eigenvalue weighted by atomic mass is 10.1. The molecule has 0 N–H and O–H groups in total. The Morgan fingerprint density at radius 1 is 0.864 bits per heavy atom. The average Bonchev–Trinajstić information content (AvgIpc) is 2.95. The Morgan fingerprint density at radius 2 is 1.50 bits per heavy atom. The first kappa shape index (κ1) is 17.8. The Balaban J connectivity index is 1.46. The molecule has 22 heavy (non-hydrogen) atoms. The smallest absolute Gasteiger partial charge is 0.151 e. The van der Waals surface area contributed by atoms with Crippen molar-refractivity contribution in [2.75, 3.05) is 5.75 Å². The molecule has 3 heteroatoms. The number of fused-ring (bicyclic) bond motifs is 1. The number of aromatic nitrogens is 1. The zero-order valence-electron chi connectivity index (χ0n) is 13.9. The Bertz CT molecular complexity index is 488. The third-order valence-electron chi connectivity index (χ3n) is 4.00. The fourth-order valence-corrected chi connectivity index (χ4v) is 4.80. The van der Waals surface area contributed by atoms with Gasteiger partial charge in [-0.05, 0) is 18.6 Å². The predicted molar refractivity (Wildman–Crippen MR) is 102 cm³/mol. The van der Waals surface area contributed by atoms with Crippen LogP contribution in [0.25, 0.3) is 10.2 Å². The lowest BCUT2D eigenvalue weighted by molar-refractivity contribution is 0.563. The summed E-state index contributed by atoms with van der Waals surface area (Å²) in [5, 5.41) is 0. The van der Waals surface area contributed by atoms with Crippen molar-refractivity contribution < 1.29 is 0 Å². The van der Waals surface area contributed by atoms with Crippen molar-refractivity contribution in [1.82, 2.24) is 4.98 Å². The van der Waals surface area contributed by atoms with Gasteiger partial charge in [-0.15, -0.1) is 11.3 Å². The molecule has 0 aliphatic carbocycles. The summed E-state index contributed by atoms with van der Waals surface area (Å²) in [7, 11) is 0. The quantitative estimate of drug-likeness (QED) is 0.298. The largest absolute Gasteiger partial charge is 0.230 e. The maximum atomic E-state index is 4.68. The number of rotatable bonds is 12. The average molecular weight is 336 g/mol. The number of thiazole rings is 1. The minimum Gasteiger partial charge on any atom is -0.230 e. The van der Waals surface area contributed by atoms with Gasteiger partial charge in [-0.25, -0.2) is 4.98 Å². The summed E-state index contributed by atoms with van der Waals surface area (Å²) in [6, 6.07) is 8.43. The second-order valence-electron chi connectivity index (χ2n) is 5.98. The Hall–Kier alpha value is -0.540. The molecule has 0 unspecified atom stereocenters. The first-order valence-electron chi connectivity index (χ1n) is 8.88. The van der Waals surface area contributed by atoms with Crippen LogP contribution in [-0.4, -0.2) is 10.7 Å². The summed E-state index contributed by atoms with van der Waals surface area (Å²) < 4.78 is 2.55. The van der Waals surface area contributed by atoms with Gasteiger partial charge in [0, 0.05) is 5.75 Å². The monoisotopic (exact) mass is 335 g/mol. The fourth-order valence-electron chi connectivity index (χ4n) is 2.66. The van der Waals surface area contributed by atoms with Crippen LogP contribution >= 0.6 is 23.1 Å². The molecule has 0 aliphatic heterocycles. The first-order valence-corrected chi connectivity index (χ1v) is 10.7. The highest BCUT2D eigenvalue weighted by atomic mass is 32.2. The van der Waals surface area contributed by atoms with E-state index in [1.54, 1.807) is 0 Å². The standard InChI is InChI=1S/C19H29NS2/c1-2-3-4-5-6-7-8-9-10-13-16-21-19-20-17-14-11-12-15-18(17)22-19/h11-12,14-15H,2-10,13,16H2,1H3. The van der Waals surface area contributed by atoms with Gasteiger partial charge in [-0.3, -0.25) is 0 Å². The van der Waals surface area contributed by atoms with Crippen LogP contribution in [-0.2, 0) is 0 Å². The third-order valence-corrected chi connectivity index (χ3v) is 6.26. The van der Waals surface area contributed by atoms with E-state index in [1.165, 1.54) is 79.0 Å². The number of thioether (sulfide) groups is 1. The van der Waals surface area contributed by atoms with Crippen molar-refractivity contribution in [3.05, 3.63) is 24.3 Å². The fraction of sp³-hybridized carbons (Fsp3) is 0.632. The van der Waals surface area contributed by atoms with Crippen LogP contribution in [0.1, 0.15) is 71.1 Å². The zero-order valence-corrected chi connectivity index (χ0v) is 15.5. The molecule has 0 radical (unpaired) electrons. The molecule has 0 saturated carbocycles. The molecule has 0 saturated heterocycles. The topological polar surface area (TPSA) is 12.9 Å². The highest BCUT2D eigenvalue weighted by molar-refractivity contribution is 8.01. The van der Waals surface area contributed by atoms with Crippen molar-refractivity contribution in [2.45, 2.75) is 75.5 Å². The molecule has 0 fully saturated rings. The minimum absolute atomic E-state index is 1.15. The number of hydrogen-bond donors (Lipinski definition) is 0. The molecule has 2 rings (SSSR count). The molecule has 1 aromatic carbocycles. The summed E-state index contributed by atoms with van der Waals surface area (Å²) in [5.74, 6) is 1.22. The molecule has 0 aliphatic rings. The summed E-state index contributed by atoms with van der Waals surface area (Å²) in [5.41, 5.74) is 1.15. The number of unbranched alkanes of at least 4 members (excludes halogenated alkanes) is 9. The van der Waals surface area contributed by atoms with Gasteiger partial charge in [0.05, 0.1) is 10.2 Å². The van der Waals surface area contributed by atoms with Crippen molar-refractivity contribution in [1.29, 1.82) is 0 Å². The first-order chi connectivity index (χ1) is 10.9. The van der Waals surface area contributed by atoms with E-state index < -0.39 is 0 Å². The second-order valence-corrected chi connectivity index (χ2v) is 8.35. The van der Waals surface area contributed by atoms with Crippen LogP contribution in [0.2, 0.25) is 0 Å². The molecule has 0 spiro atoms. The van der Waals surface area contributed by atoms with E-state index in [0.29, 0.717) is 0 Å². The van der Waals surface area contributed by atoms with E-state index in [-0.39, 0.29) is 0 Å². The summed E-state index contributed by atoms with van der Waals surface area (Å²) in [6.07, 6.45) is 14.1. The predicted octanol–water partition coefficient (Wildman–Crippen LogP) is 7.31. The molecule has 0 atom stereocenters. The summed E-state index contributed by atoms with van der Waals surface area (Å²) >= 11 is 3.76. The number of benzene rings is 1. The molecule has 2 aromatic rings. The van der Waals surface area contributed by atoms with Crippen molar-refractivity contribution in [3.63, 3.8) is 0 Å². The Morgan fingerprint density at radius 3 is 2.18 bits per heavy atom. The Labute approximate surface area is 143 Å². The van der Waals surface area contributed by atoms with Gasteiger partial charge in [0.25, 0.3) is 0 Å². The van der Waals surface area contributed by atoms with Crippen molar-refractivity contribution >= 4 is 33.3 Å². The van der Waals surface area contributed by atoms with Gasteiger partial charge in [0.15, 0.2) is 4.34 Å². The highest BCUT2D eigenvalue weighted by Crippen LogP contribution is 2.29. The summed E-state index contributed by atoms with van der Waals surface area (Å²) in [6.45, 7) is 2.28. The normalized spacial score (nSPS) is 11.3. The van der Waals surface area contributed by atoms with Crippen LogP contribution < -0.4 is 0 Å². The van der Waals surface area contributed by atoms with E-state index >= 15 is 0 Å². The molecule has 122 valence electrons. The third kappa shape index (κ3) is 6.70. The maximum absolute atomic E-state index is 4.68. The van der Waals surface area contributed by atoms with Gasteiger partial charge in [-0.1, -0.05) is 88.6 Å². The molecule has 1 aromatic heterocycles. The van der Waals surface area contributed by atoms with Crippen LogP contribution in [0.3, 0.4) is 0 Å². The summed E-state index contributed by atoms with van der Waals surface area (Å²) in [4.78, 5) is 4.68. The van der Waals surface area contributed by atoms with Gasteiger partial charge in [0.2, 0.25) is 0 Å². The van der Waals surface area contributed by atoms with E-state index in [4.69, 9.17) is 0 Å². The Kier molecular flexibility index (Phi) is 8.96. The van der Waals surface area contributed by atoms with E-state index in [1.807, 2.05) is 23.1 Å². The van der Waals surface area contributed by atoms with E-state index in [0.717, 1.165) is 5.52 Å². The SMILES string of the molecule is CCCCCCCCCCCCSc1nc2ccccc2s1. The van der Waals surface area contributed by atoms with Crippen LogP contribution in [0.15, 0.2) is 28.6 Å². The molecular weight excluding hydrogens is 306 g/mol. The molecule has 0 bridgehead atoms. The van der Waals surface area contributed by atoms with Gasteiger partial charge < -0.3 is 0 Å². The molecular formula is C19H29NS2. The lowest BCUT2D eigenvalue weighted by Crippen LogP contribution is -1.83. The van der Waals surface area contributed by atoms with Crippen LogP contribution in [0.4, 0.5) is 0 Å². The van der Waals surface area contributed by atoms with Crippen molar-refractivity contribution in [3.8, 4) is 0 Å². The maximum Gasteiger partial charge on any atom is 0.151 e. The van der Waals surface area contributed by atoms with Gasteiger partial charge in [-0.2, -0.15) is 0 Å². The van der Waals surface area contributed by atoms with Gasteiger partial charge >= 0.3 is 0 Å². The van der Waals surface area contributed by atoms with Gasteiger partial charge in [0.1, 0.15) is 0 Å². The lowest BCUT2D eigenvalue weighted by Gasteiger charge is -2.01. The number of nitrogens with zero attached hydrogens (tertiary/aromatic N) is 1. The molecule has 0 amide bonds. The molecule has 1 nitrogen and oxygen atoms in total. The van der Waals surface area contributed by atoms with Crippen LogP contribution in [0.5, 0.6) is 0 Å². The number of para-hydroxylation sites is 1. The van der Waals surface area contributed by atoms with Crippen LogP contribution in [0, 0.1) is 0 Å². The minimum atomic E-state index is 1.15. The highest BCUT2D eigenvalue weighted by Gasteiger charge is 2.03. The molecule has 1 heterocycles. The van der Waals surface area contributed by atoms with E-state index in [9.17, 15) is 0 Å².